The molecule has 2 bridgehead atoms. The fourth-order valence-corrected chi connectivity index (χ4v) is 3.02. The van der Waals surface area contributed by atoms with E-state index in [2.05, 4.69) is 13.8 Å². The average Bonchev–Trinajstić information content (AvgIpc) is 2.00. The van der Waals surface area contributed by atoms with Crippen LogP contribution in [0.2, 0.25) is 0 Å². The van der Waals surface area contributed by atoms with E-state index < -0.39 is 0 Å². The van der Waals surface area contributed by atoms with Crippen molar-refractivity contribution < 1.29 is 0 Å². The van der Waals surface area contributed by atoms with Crippen LogP contribution in [0.5, 0.6) is 0 Å². The Morgan fingerprint density at radius 2 is 1.92 bits per heavy atom. The third-order valence-corrected chi connectivity index (χ3v) is 4.00. The highest BCUT2D eigenvalue weighted by Gasteiger charge is 2.39. The normalized spacial score (nSPS) is 39.8. The first-order valence-electron chi connectivity index (χ1n) is 5.75. The number of hydrogen-bond donors (Lipinski definition) is 0. The van der Waals surface area contributed by atoms with Gasteiger partial charge < -0.3 is 0 Å². The molecule has 3 fully saturated rings. The molecule has 1 atom stereocenters. The third kappa shape index (κ3) is 1.67. The predicted molar refractivity (Wildman–Crippen MR) is 53.0 cm³/mol. The number of hydrogen-bond acceptors (Lipinski definition) is 0. The summed E-state index contributed by atoms with van der Waals surface area (Å²) in [5.74, 6) is 4.35. The van der Waals surface area contributed by atoms with E-state index in [1.54, 1.807) is 25.7 Å². The van der Waals surface area contributed by atoms with Gasteiger partial charge in [0.2, 0.25) is 0 Å². The molecule has 0 nitrogen and oxygen atoms in total. The van der Waals surface area contributed by atoms with Crippen molar-refractivity contribution in [2.24, 2.45) is 23.7 Å². The van der Waals surface area contributed by atoms with Gasteiger partial charge in [-0.3, -0.25) is 0 Å². The zero-order valence-electron chi connectivity index (χ0n) is 8.55. The first-order valence-corrected chi connectivity index (χ1v) is 5.75. The fourth-order valence-electron chi connectivity index (χ4n) is 3.02. The molecule has 0 aliphatic heterocycles. The summed E-state index contributed by atoms with van der Waals surface area (Å²) in [5, 5.41) is 0. The van der Waals surface area contributed by atoms with Gasteiger partial charge in [0.25, 0.3) is 0 Å². The number of fused-ring (bicyclic) bond motifs is 2. The van der Waals surface area contributed by atoms with E-state index in [9.17, 15) is 0 Å². The van der Waals surface area contributed by atoms with Crippen LogP contribution in [-0.4, -0.2) is 0 Å². The average molecular weight is 166 g/mol. The monoisotopic (exact) mass is 166 g/mol. The lowest BCUT2D eigenvalue weighted by molar-refractivity contribution is 0.0425. The maximum Gasteiger partial charge on any atom is -0.0381 e. The quantitative estimate of drug-likeness (QED) is 0.597. The van der Waals surface area contributed by atoms with Crippen LogP contribution >= 0.6 is 0 Å². The fraction of sp³-hybridized carbons (Fsp3) is 1.00. The van der Waals surface area contributed by atoms with Gasteiger partial charge in [-0.25, -0.2) is 0 Å². The molecule has 0 heteroatoms. The molecule has 0 saturated heterocycles. The van der Waals surface area contributed by atoms with Gasteiger partial charge in [-0.05, 0) is 49.4 Å². The van der Waals surface area contributed by atoms with Gasteiger partial charge in [0, 0.05) is 0 Å². The Labute approximate surface area is 76.7 Å². The summed E-state index contributed by atoms with van der Waals surface area (Å²) < 4.78 is 0. The first-order chi connectivity index (χ1) is 5.75. The molecular formula is C12H22. The Morgan fingerprint density at radius 3 is 2.42 bits per heavy atom. The summed E-state index contributed by atoms with van der Waals surface area (Å²) in [4.78, 5) is 0. The molecule has 3 rings (SSSR count). The Bertz CT molecular complexity index is 139. The van der Waals surface area contributed by atoms with Gasteiger partial charge in [-0.1, -0.05) is 26.7 Å². The van der Waals surface area contributed by atoms with Crippen molar-refractivity contribution in [1.82, 2.24) is 0 Å². The molecule has 0 spiro atoms. The van der Waals surface area contributed by atoms with E-state index in [0.29, 0.717) is 0 Å². The molecule has 3 aliphatic rings. The maximum absolute atomic E-state index is 2.35. The van der Waals surface area contributed by atoms with Crippen molar-refractivity contribution in [3.8, 4) is 0 Å². The molecule has 70 valence electrons. The van der Waals surface area contributed by atoms with E-state index in [-0.39, 0.29) is 0 Å². The molecule has 0 radical (unpaired) electrons. The van der Waals surface area contributed by atoms with E-state index in [0.717, 1.165) is 23.7 Å². The lowest BCUT2D eigenvalue weighted by atomic mass is 9.59. The highest BCUT2D eigenvalue weighted by molar-refractivity contribution is 4.90. The molecule has 3 saturated carbocycles. The van der Waals surface area contributed by atoms with E-state index in [1.165, 1.54) is 12.8 Å². The Hall–Kier alpha value is 0. The summed E-state index contributed by atoms with van der Waals surface area (Å²) in [6.45, 7) is 4.71. The molecule has 12 heavy (non-hydrogen) atoms. The van der Waals surface area contributed by atoms with Crippen molar-refractivity contribution in [2.75, 3.05) is 0 Å². The molecule has 0 amide bonds. The van der Waals surface area contributed by atoms with Crippen LogP contribution in [0.3, 0.4) is 0 Å². The SMILES string of the molecule is CC(C)CCC1CCC2CC1C2. The van der Waals surface area contributed by atoms with Gasteiger partial charge in [-0.2, -0.15) is 0 Å². The third-order valence-electron chi connectivity index (χ3n) is 4.00. The summed E-state index contributed by atoms with van der Waals surface area (Å²) in [6.07, 6.45) is 9.27. The first kappa shape index (κ1) is 8.59. The highest BCUT2D eigenvalue weighted by atomic mass is 14.4. The van der Waals surface area contributed by atoms with Crippen LogP contribution < -0.4 is 0 Å². The topological polar surface area (TPSA) is 0 Å². The zero-order chi connectivity index (χ0) is 8.55. The van der Waals surface area contributed by atoms with Gasteiger partial charge in [0.1, 0.15) is 0 Å². The van der Waals surface area contributed by atoms with Crippen molar-refractivity contribution in [3.05, 3.63) is 0 Å². The van der Waals surface area contributed by atoms with Gasteiger partial charge in [-0.15, -0.1) is 0 Å². The molecule has 0 aromatic carbocycles. The molecule has 0 heterocycles. The molecule has 1 unspecified atom stereocenters. The van der Waals surface area contributed by atoms with Crippen molar-refractivity contribution in [2.45, 2.75) is 52.4 Å². The van der Waals surface area contributed by atoms with Crippen molar-refractivity contribution in [1.29, 1.82) is 0 Å². The van der Waals surface area contributed by atoms with E-state index in [1.807, 2.05) is 0 Å². The standard InChI is InChI=1S/C12H22/c1-9(2)3-5-11-6-4-10-7-12(11)8-10/h9-12H,3-8H2,1-2H3. The second-order valence-corrected chi connectivity index (χ2v) is 5.41. The van der Waals surface area contributed by atoms with Crippen molar-refractivity contribution in [3.63, 3.8) is 0 Å². The summed E-state index contributed by atoms with van der Waals surface area (Å²) in [5.41, 5.74) is 0. The van der Waals surface area contributed by atoms with Crippen LogP contribution in [-0.2, 0) is 0 Å². The second kappa shape index (κ2) is 3.40. The minimum absolute atomic E-state index is 0.919. The van der Waals surface area contributed by atoms with Gasteiger partial charge >= 0.3 is 0 Å². The predicted octanol–water partition coefficient (Wildman–Crippen LogP) is 3.86. The maximum atomic E-state index is 2.35. The van der Waals surface area contributed by atoms with Gasteiger partial charge in [0.05, 0.1) is 0 Å². The molecule has 0 aromatic rings. The Morgan fingerprint density at radius 1 is 1.17 bits per heavy atom. The zero-order valence-corrected chi connectivity index (χ0v) is 8.55. The minimum Gasteiger partial charge on any atom is -0.0628 e. The lowest BCUT2D eigenvalue weighted by Gasteiger charge is -2.47. The molecule has 3 aliphatic carbocycles. The second-order valence-electron chi connectivity index (χ2n) is 5.41. The minimum atomic E-state index is 0.919. The number of rotatable bonds is 3. The van der Waals surface area contributed by atoms with Gasteiger partial charge in [0.15, 0.2) is 0 Å². The Balaban J connectivity index is 1.72. The highest BCUT2D eigenvalue weighted by Crippen LogP contribution is 2.50. The largest absolute Gasteiger partial charge is 0.0628 e. The van der Waals surface area contributed by atoms with E-state index in [4.69, 9.17) is 0 Å². The van der Waals surface area contributed by atoms with Crippen LogP contribution in [0.4, 0.5) is 0 Å². The lowest BCUT2D eigenvalue weighted by Crippen LogP contribution is -2.36. The molecular weight excluding hydrogens is 144 g/mol. The van der Waals surface area contributed by atoms with Crippen LogP contribution in [0, 0.1) is 23.7 Å². The molecule has 0 aromatic heterocycles. The summed E-state index contributed by atoms with van der Waals surface area (Å²) >= 11 is 0. The summed E-state index contributed by atoms with van der Waals surface area (Å²) in [7, 11) is 0. The van der Waals surface area contributed by atoms with Crippen LogP contribution in [0.25, 0.3) is 0 Å². The summed E-state index contributed by atoms with van der Waals surface area (Å²) in [6, 6.07) is 0. The van der Waals surface area contributed by atoms with Crippen LogP contribution in [0.15, 0.2) is 0 Å². The molecule has 0 N–H and O–H groups in total. The van der Waals surface area contributed by atoms with Crippen molar-refractivity contribution >= 4 is 0 Å². The van der Waals surface area contributed by atoms with Crippen LogP contribution in [0.1, 0.15) is 52.4 Å². The Kier molecular flexibility index (Phi) is 2.43. The smallest absolute Gasteiger partial charge is 0.0381 e. The van der Waals surface area contributed by atoms with E-state index >= 15 is 0 Å².